The second kappa shape index (κ2) is 44.2. The molecule has 0 spiro atoms. The molecule has 0 amide bonds. The lowest BCUT2D eigenvalue weighted by molar-refractivity contribution is 0.0431. The molecule has 6 saturated heterocycles. The fourth-order valence-corrected chi connectivity index (χ4v) is 24.1. The third-order valence-corrected chi connectivity index (χ3v) is 33.0. The molecule has 1 aromatic carbocycles. The number of fused-ring (bicyclic) bond motifs is 5. The van der Waals surface area contributed by atoms with E-state index in [-0.39, 0.29) is 28.6 Å². The van der Waals surface area contributed by atoms with Crippen LogP contribution < -0.4 is 29.2 Å². The summed E-state index contributed by atoms with van der Waals surface area (Å²) in [6.45, 7) is 25.6. The minimum atomic E-state index is -2.43. The van der Waals surface area contributed by atoms with Gasteiger partial charge in [0, 0.05) is 240 Å². The van der Waals surface area contributed by atoms with Gasteiger partial charge in [0.05, 0.1) is 162 Å². The number of ether oxygens (including phenoxy) is 7. The molecule has 0 N–H and O–H groups in total. The Morgan fingerprint density at radius 2 is 0.681 bits per heavy atom. The van der Waals surface area contributed by atoms with Gasteiger partial charge < -0.3 is 57.7 Å². The molecule has 144 heavy (non-hydrogen) atoms. The van der Waals surface area contributed by atoms with Crippen molar-refractivity contribution in [2.75, 3.05) is 193 Å². The Bertz CT molecular complexity index is 7400. The van der Waals surface area contributed by atoms with E-state index in [0.29, 0.717) is 107 Å². The van der Waals surface area contributed by atoms with Crippen LogP contribution in [0.3, 0.4) is 0 Å². The summed E-state index contributed by atoms with van der Waals surface area (Å²) in [5.41, 5.74) is 25.6. The summed E-state index contributed by atoms with van der Waals surface area (Å²) < 4.78 is 103. The molecule has 760 valence electrons. The van der Waals surface area contributed by atoms with Crippen molar-refractivity contribution in [1.82, 2.24) is 44.9 Å². The molecular weight excluding hydrogens is 1910 g/mol. The van der Waals surface area contributed by atoms with Crippen molar-refractivity contribution in [3.63, 3.8) is 0 Å². The first-order valence-corrected chi connectivity index (χ1v) is 61.3. The van der Waals surface area contributed by atoms with Gasteiger partial charge >= 0.3 is 0 Å². The Labute approximate surface area is 850 Å². The number of rotatable bonds is 19. The van der Waals surface area contributed by atoms with Gasteiger partial charge in [0.2, 0.25) is 11.8 Å². The van der Waals surface area contributed by atoms with Gasteiger partial charge in [-0.25, -0.2) is 56.4 Å². The SMILES string of the molecule is C=S(C)(C)=Nc1cc(N2CCOC[C@H]2C)cc(-c2cc(F)nc3c2C=CC3)n1.C=S(C)(C)=Nc1cc(N2CCOC[C@H]2C)cc(-c2cc(OCC)nc3c2C=CC3)n1.C=S(C)(C)=Nc1cc(N2CCOC[C@H]2C)cc(-c2cccc3c2C=CC3)n1.C[C@@H]1COCCN1c1cc(N=S(C)(=O)C2CC2)nc(-c2ccnc3c2C=CC3)c1.C[C@@H]1COCCN1c1cc(N=S(C)(=O)C2COC2)nc(-c2ccnc3c2C=CC3)c1. The number of morpholine rings is 5. The summed E-state index contributed by atoms with van der Waals surface area (Å²) in [5.74, 6) is 16.0. The quantitative estimate of drug-likeness (QED) is 0.0536. The first kappa shape index (κ1) is 103. The van der Waals surface area contributed by atoms with Gasteiger partial charge in [-0.05, 0) is 152 Å². The van der Waals surface area contributed by atoms with Crippen LogP contribution in [-0.4, -0.2) is 280 Å². The highest BCUT2D eigenvalue weighted by Gasteiger charge is 2.35. The Hall–Kier alpha value is -11.3. The van der Waals surface area contributed by atoms with Crippen LogP contribution in [0.5, 0.6) is 5.88 Å². The zero-order chi connectivity index (χ0) is 101. The van der Waals surface area contributed by atoms with E-state index >= 15 is 0 Å². The Kier molecular flexibility index (Phi) is 31.5. The smallest absolute Gasteiger partial charge is 0.214 e. The van der Waals surface area contributed by atoms with Crippen molar-refractivity contribution in [3.8, 4) is 62.2 Å². The van der Waals surface area contributed by atoms with E-state index in [0.717, 1.165) is 228 Å². The minimum Gasteiger partial charge on any atom is -0.478 e. The first-order valence-electron chi connectivity index (χ1n) is 49.6. The average Bonchev–Trinajstić information content (AvgIpc) is 1.56. The topological polar surface area (TPSA) is 293 Å². The molecule has 0 bridgehead atoms. The second-order valence-corrected chi connectivity index (χ2v) is 54.5. The monoisotopic (exact) mass is 2040 g/mol. The van der Waals surface area contributed by atoms with Gasteiger partial charge in [-0.1, -0.05) is 96.6 Å². The number of hydrogen-bond donors (Lipinski definition) is 0. The molecule has 7 fully saturated rings. The summed E-state index contributed by atoms with van der Waals surface area (Å²) in [7, 11) is -8.73. The molecule has 15 heterocycles. The Morgan fingerprint density at radius 1 is 0.361 bits per heavy atom. The zero-order valence-electron chi connectivity index (χ0n) is 85.2. The van der Waals surface area contributed by atoms with Gasteiger partial charge in [0.15, 0.2) is 29.1 Å². The molecule has 9 aromatic heterocycles. The predicted octanol–water partition coefficient (Wildman–Crippen LogP) is 18.8. The van der Waals surface area contributed by atoms with Crippen LogP contribution in [0.2, 0.25) is 0 Å². The van der Waals surface area contributed by atoms with Crippen LogP contribution in [0, 0.1) is 5.95 Å². The molecular formula is C110H134FN19O9S5. The number of hydrogen-bond acceptors (Lipinski definition) is 28. The molecule has 0 radical (unpaired) electrons. The van der Waals surface area contributed by atoms with Crippen LogP contribution in [0.4, 0.5) is 61.9 Å². The molecule has 6 aliphatic heterocycles. The largest absolute Gasteiger partial charge is 0.478 e. The van der Waals surface area contributed by atoms with Crippen LogP contribution >= 0.6 is 0 Å². The van der Waals surface area contributed by atoms with Gasteiger partial charge in [-0.3, -0.25) is 9.97 Å². The number of benzene rings is 1. The molecule has 10 aromatic rings. The maximum Gasteiger partial charge on any atom is 0.214 e. The van der Waals surface area contributed by atoms with Crippen molar-refractivity contribution in [1.29, 1.82) is 0 Å². The van der Waals surface area contributed by atoms with E-state index in [4.69, 9.17) is 71.2 Å². The van der Waals surface area contributed by atoms with Crippen LogP contribution in [0.15, 0.2) is 168 Å². The highest BCUT2D eigenvalue weighted by Crippen LogP contribution is 2.44. The lowest BCUT2D eigenvalue weighted by Gasteiger charge is -2.35. The first-order chi connectivity index (χ1) is 69.1. The summed E-state index contributed by atoms with van der Waals surface area (Å²) in [5, 5.41) is 0.161. The Balaban J connectivity index is 0.000000118. The molecule has 22 rings (SSSR count). The lowest BCUT2D eigenvalue weighted by atomic mass is 10.00. The molecule has 34 heteroatoms. The number of aromatic nitrogens is 9. The molecule has 28 nitrogen and oxygen atoms in total. The summed E-state index contributed by atoms with van der Waals surface area (Å²) in [6, 6.07) is 36.1. The number of anilines is 5. The molecule has 7 atom stereocenters. The van der Waals surface area contributed by atoms with E-state index in [1.807, 2.05) is 86.4 Å². The van der Waals surface area contributed by atoms with Gasteiger partial charge in [0.1, 0.15) is 0 Å². The van der Waals surface area contributed by atoms with Gasteiger partial charge in [-0.2, -0.15) is 13.1 Å². The van der Waals surface area contributed by atoms with Crippen LogP contribution in [-0.2, 0) is 108 Å². The zero-order valence-corrected chi connectivity index (χ0v) is 89.3. The summed E-state index contributed by atoms with van der Waals surface area (Å²) in [6.07, 6.45) is 46.8. The molecule has 6 aliphatic carbocycles. The summed E-state index contributed by atoms with van der Waals surface area (Å²) in [4.78, 5) is 53.7. The van der Waals surface area contributed by atoms with Crippen molar-refractivity contribution in [2.24, 2.45) is 21.8 Å². The van der Waals surface area contributed by atoms with Crippen molar-refractivity contribution in [2.45, 2.75) is 127 Å². The number of halogens is 1. The lowest BCUT2D eigenvalue weighted by Crippen LogP contribution is -2.43. The highest BCUT2D eigenvalue weighted by atomic mass is 32.2. The van der Waals surface area contributed by atoms with Crippen molar-refractivity contribution >= 4 is 153 Å². The number of allylic oxidation sites excluding steroid dienone is 5. The Morgan fingerprint density at radius 3 is 1.03 bits per heavy atom. The third kappa shape index (κ3) is 25.0. The molecule has 12 aliphatic rings. The van der Waals surface area contributed by atoms with E-state index in [1.54, 1.807) is 12.5 Å². The van der Waals surface area contributed by atoms with E-state index < -0.39 is 53.6 Å². The van der Waals surface area contributed by atoms with Crippen LogP contribution in [0.25, 0.3) is 86.7 Å². The maximum atomic E-state index is 14.2. The maximum absolute atomic E-state index is 14.2. The standard InChI is InChI=1S/C23H30N4O2S.C22H26N4O3S.C22H26N4O2S.C22H27N3OS.C21H25FN4OS/c1-6-29-23-14-19(18-8-7-9-20(18)25-23)21-12-17(27-10-11-28-15-16(27)2)13-22(24-21)26-30(3,4)5;1-15-12-28-9-8-26(15)16-10-21(19-6-7-23-20-5-3-4-18(19)20)24-22(11-16)25-30(2,27)17-13-29-14-17;1-15-14-28-11-10-26(15)16-12-21(19-8-9-23-20-5-3-4-18(19)20)24-22(13-16)25-29(2,27)17-6-7-17;1-16-15-26-12-11-25(16)18-13-21(23-22(14-18)24-27(2,3)4)20-10-6-8-17-7-5-9-19(17)20;1-14-13-27-9-8-26(14)15-10-19(24-21(11-15)25-28(2,3)4)17-12-20(22)23-18-7-5-6-16(17)18/h7-8,12-14,16H,3,6,9-11,15H2,1-2,4-5H3;3-4,6-7,10-11,15,17H,5,8-9,12-14H2,1-2H3;3-4,8-9,12-13,15,17H,5-7,10-11,14H2,1-2H3;5-6,8-10,13-14,16H,2,7,11-12,15H2,1,3-4H3;5-6,10-12,14H,2,7-9,13H2,1,3-4H3/t16-;15-,30?;15-,29?;16-;14-/m11111/s1. The molecule has 1 saturated carbocycles. The third-order valence-electron chi connectivity index (χ3n) is 26.7. The second-order valence-electron chi connectivity index (χ2n) is 39.9. The average molecular weight is 2050 g/mol. The molecule has 2 unspecified atom stereocenters. The van der Waals surface area contributed by atoms with E-state index in [2.05, 4.69) is 234 Å². The highest BCUT2D eigenvalue weighted by molar-refractivity contribution is 8.01. The summed E-state index contributed by atoms with van der Waals surface area (Å²) >= 11 is 0. The van der Waals surface area contributed by atoms with Crippen molar-refractivity contribution in [3.05, 3.63) is 208 Å². The van der Waals surface area contributed by atoms with Gasteiger partial charge in [-0.15, -0.1) is 28.2 Å². The number of nitrogens with zero attached hydrogens (tertiary/aromatic N) is 19. The predicted molar refractivity (Wildman–Crippen MR) is 598 cm³/mol. The normalized spacial score (nSPS) is 20.5. The fourth-order valence-electron chi connectivity index (χ4n) is 19.4. The van der Waals surface area contributed by atoms with Crippen LogP contribution in [0.1, 0.15) is 111 Å². The number of pyridine rings is 9. The fraction of sp³-hybridized carbons (Fsp3) is 0.418. The van der Waals surface area contributed by atoms with E-state index in [9.17, 15) is 12.8 Å². The van der Waals surface area contributed by atoms with Gasteiger partial charge in [0.25, 0.3) is 0 Å². The minimum absolute atomic E-state index is 0.0400. The van der Waals surface area contributed by atoms with Crippen molar-refractivity contribution < 1.29 is 46.0 Å². The van der Waals surface area contributed by atoms with E-state index in [1.165, 1.54) is 22.8 Å².